The molecule has 0 unspecified atom stereocenters. The first kappa shape index (κ1) is 19.4. The van der Waals surface area contributed by atoms with Crippen LogP contribution >= 0.6 is 11.3 Å². The largest absolute Gasteiger partial charge is 0.481 e. The molecule has 4 rings (SSSR count). The van der Waals surface area contributed by atoms with Crippen LogP contribution in [0.5, 0.6) is 5.88 Å². The number of anilines is 1. The number of hydrogen-bond donors (Lipinski definition) is 2. The lowest BCUT2D eigenvalue weighted by molar-refractivity contribution is 0.177. The Hall–Kier alpha value is -2.90. The lowest BCUT2D eigenvalue weighted by atomic mass is 10.0. The number of urea groups is 1. The minimum Gasteiger partial charge on any atom is -0.481 e. The first-order valence-electron chi connectivity index (χ1n) is 9.62. The number of fused-ring (bicyclic) bond motifs is 1. The summed E-state index contributed by atoms with van der Waals surface area (Å²) in [5.41, 5.74) is 3.23. The average Bonchev–Trinajstić information content (AvgIpc) is 3.23. The summed E-state index contributed by atoms with van der Waals surface area (Å²) in [6, 6.07) is 15.9. The summed E-state index contributed by atoms with van der Waals surface area (Å²) in [7, 11) is 1.56. The molecule has 1 aliphatic rings. The van der Waals surface area contributed by atoms with Crippen molar-refractivity contribution in [3.63, 3.8) is 0 Å². The Morgan fingerprint density at radius 3 is 2.86 bits per heavy atom. The van der Waals surface area contributed by atoms with Crippen LogP contribution in [-0.2, 0) is 13.0 Å². The van der Waals surface area contributed by atoms with Gasteiger partial charge in [0.25, 0.3) is 0 Å². The Morgan fingerprint density at radius 2 is 2.10 bits per heavy atom. The lowest BCUT2D eigenvalue weighted by Crippen LogP contribution is -2.41. The van der Waals surface area contributed by atoms with Gasteiger partial charge in [-0.15, -0.1) is 11.3 Å². The highest BCUT2D eigenvalue weighted by Gasteiger charge is 2.25. The minimum atomic E-state index is -0.244. The number of aromatic nitrogens is 1. The number of benzene rings is 1. The second kappa shape index (κ2) is 9.07. The maximum atomic E-state index is 12.4. The third kappa shape index (κ3) is 4.75. The monoisotopic (exact) mass is 408 g/mol. The highest BCUT2D eigenvalue weighted by Crippen LogP contribution is 2.30. The fraction of sp³-hybridized carbons (Fsp3) is 0.273. The van der Waals surface area contributed by atoms with E-state index < -0.39 is 0 Å². The van der Waals surface area contributed by atoms with Crippen molar-refractivity contribution in [2.75, 3.05) is 25.5 Å². The quantitative estimate of drug-likeness (QED) is 0.645. The van der Waals surface area contributed by atoms with Gasteiger partial charge in [0.05, 0.1) is 25.0 Å². The van der Waals surface area contributed by atoms with Crippen LogP contribution in [0.4, 0.5) is 10.5 Å². The van der Waals surface area contributed by atoms with E-state index in [0.29, 0.717) is 18.1 Å². The van der Waals surface area contributed by atoms with Gasteiger partial charge in [0.15, 0.2) is 0 Å². The molecule has 1 atom stereocenters. The predicted molar refractivity (Wildman–Crippen MR) is 115 cm³/mol. The molecule has 0 fully saturated rings. The molecular formula is C22H24N4O2S. The summed E-state index contributed by atoms with van der Waals surface area (Å²) >= 11 is 1.84. The molecule has 6 nitrogen and oxygen atoms in total. The molecule has 29 heavy (non-hydrogen) atoms. The summed E-state index contributed by atoms with van der Waals surface area (Å²) < 4.78 is 5.04. The van der Waals surface area contributed by atoms with E-state index in [2.05, 4.69) is 44.1 Å². The number of hydrogen-bond acceptors (Lipinski definition) is 5. The molecule has 150 valence electrons. The van der Waals surface area contributed by atoms with E-state index >= 15 is 0 Å². The molecule has 0 spiro atoms. The van der Waals surface area contributed by atoms with Gasteiger partial charge < -0.3 is 15.4 Å². The molecule has 7 heteroatoms. The Balaban J connectivity index is 1.42. The number of methoxy groups -OCH3 is 1. The summed E-state index contributed by atoms with van der Waals surface area (Å²) in [5, 5.41) is 8.02. The molecule has 1 aliphatic heterocycles. The molecule has 0 saturated heterocycles. The van der Waals surface area contributed by atoms with E-state index in [1.54, 1.807) is 25.4 Å². The predicted octanol–water partition coefficient (Wildman–Crippen LogP) is 4.07. The molecule has 2 amide bonds. The number of ether oxygens (including phenoxy) is 1. The Morgan fingerprint density at radius 1 is 1.24 bits per heavy atom. The van der Waals surface area contributed by atoms with Crippen LogP contribution in [0, 0.1) is 0 Å². The molecule has 3 heterocycles. The molecule has 0 aliphatic carbocycles. The SMILES string of the molecule is COc1ccc(NC(=O)NC[C@H](c2ccccc2)N2CCc3sccc3C2)cn1. The average molecular weight is 409 g/mol. The highest BCUT2D eigenvalue weighted by atomic mass is 32.1. The zero-order valence-electron chi connectivity index (χ0n) is 16.3. The van der Waals surface area contributed by atoms with Gasteiger partial charge in [-0.25, -0.2) is 9.78 Å². The van der Waals surface area contributed by atoms with Crippen LogP contribution in [0.2, 0.25) is 0 Å². The van der Waals surface area contributed by atoms with Gasteiger partial charge in [-0.2, -0.15) is 0 Å². The topological polar surface area (TPSA) is 66.5 Å². The van der Waals surface area contributed by atoms with Gasteiger partial charge in [0, 0.05) is 30.6 Å². The van der Waals surface area contributed by atoms with Crippen LogP contribution in [0.15, 0.2) is 60.1 Å². The van der Waals surface area contributed by atoms with E-state index in [4.69, 9.17) is 4.74 Å². The second-order valence-electron chi connectivity index (χ2n) is 6.94. The Labute approximate surface area is 174 Å². The fourth-order valence-electron chi connectivity index (χ4n) is 3.61. The van der Waals surface area contributed by atoms with Gasteiger partial charge in [0.1, 0.15) is 0 Å². The summed E-state index contributed by atoms with van der Waals surface area (Å²) in [4.78, 5) is 20.5. The third-order valence-corrected chi connectivity index (χ3v) is 6.14. The van der Waals surface area contributed by atoms with Crippen LogP contribution in [0.25, 0.3) is 0 Å². The number of carbonyl (C=O) groups is 1. The van der Waals surface area contributed by atoms with E-state index in [0.717, 1.165) is 19.5 Å². The van der Waals surface area contributed by atoms with Crippen molar-refractivity contribution in [1.82, 2.24) is 15.2 Å². The summed E-state index contributed by atoms with van der Waals surface area (Å²) in [6.07, 6.45) is 2.63. The number of carbonyl (C=O) groups excluding carboxylic acids is 1. The number of amides is 2. The highest BCUT2D eigenvalue weighted by molar-refractivity contribution is 7.10. The van der Waals surface area contributed by atoms with E-state index in [1.807, 2.05) is 29.5 Å². The minimum absolute atomic E-state index is 0.115. The van der Waals surface area contributed by atoms with Crippen molar-refractivity contribution >= 4 is 23.1 Å². The van der Waals surface area contributed by atoms with Crippen LogP contribution < -0.4 is 15.4 Å². The van der Waals surface area contributed by atoms with Crippen molar-refractivity contribution in [2.24, 2.45) is 0 Å². The molecular weight excluding hydrogens is 384 g/mol. The maximum Gasteiger partial charge on any atom is 0.319 e. The van der Waals surface area contributed by atoms with Gasteiger partial charge in [-0.05, 0) is 35.1 Å². The molecule has 0 bridgehead atoms. The zero-order valence-corrected chi connectivity index (χ0v) is 17.1. The molecule has 0 saturated carbocycles. The lowest BCUT2D eigenvalue weighted by Gasteiger charge is -2.35. The zero-order chi connectivity index (χ0) is 20.1. The molecule has 1 aromatic carbocycles. The number of thiophene rings is 1. The summed E-state index contributed by atoms with van der Waals surface area (Å²) in [6.45, 7) is 2.42. The van der Waals surface area contributed by atoms with E-state index in [1.165, 1.54) is 16.0 Å². The van der Waals surface area contributed by atoms with Crippen molar-refractivity contribution < 1.29 is 9.53 Å². The Kier molecular flexibility index (Phi) is 6.07. The van der Waals surface area contributed by atoms with Crippen LogP contribution in [0.3, 0.4) is 0 Å². The van der Waals surface area contributed by atoms with Gasteiger partial charge in [-0.3, -0.25) is 4.90 Å². The molecule has 2 aromatic heterocycles. The van der Waals surface area contributed by atoms with Crippen LogP contribution in [0.1, 0.15) is 22.0 Å². The summed E-state index contributed by atoms with van der Waals surface area (Å²) in [5.74, 6) is 0.512. The normalized spacial score (nSPS) is 14.7. The number of pyridine rings is 1. The number of rotatable bonds is 6. The fourth-order valence-corrected chi connectivity index (χ4v) is 4.50. The smallest absolute Gasteiger partial charge is 0.319 e. The number of nitrogens with one attached hydrogen (secondary N) is 2. The van der Waals surface area contributed by atoms with E-state index in [-0.39, 0.29) is 12.1 Å². The van der Waals surface area contributed by atoms with Crippen molar-refractivity contribution in [2.45, 2.75) is 19.0 Å². The molecule has 0 radical (unpaired) electrons. The van der Waals surface area contributed by atoms with Gasteiger partial charge in [-0.1, -0.05) is 30.3 Å². The van der Waals surface area contributed by atoms with Crippen molar-refractivity contribution in [3.05, 3.63) is 76.1 Å². The first-order valence-corrected chi connectivity index (χ1v) is 10.5. The van der Waals surface area contributed by atoms with Crippen molar-refractivity contribution in [1.29, 1.82) is 0 Å². The molecule has 3 aromatic rings. The maximum absolute atomic E-state index is 12.4. The Bertz CT molecular complexity index is 943. The molecule has 2 N–H and O–H groups in total. The van der Waals surface area contributed by atoms with Gasteiger partial charge >= 0.3 is 6.03 Å². The number of nitrogens with zero attached hydrogens (tertiary/aromatic N) is 2. The second-order valence-corrected chi connectivity index (χ2v) is 7.94. The van der Waals surface area contributed by atoms with Crippen LogP contribution in [-0.4, -0.2) is 36.1 Å². The van der Waals surface area contributed by atoms with Crippen molar-refractivity contribution in [3.8, 4) is 5.88 Å². The van der Waals surface area contributed by atoms with Gasteiger partial charge in [0.2, 0.25) is 5.88 Å². The standard InChI is InChI=1S/C22H24N4O2S/c1-28-21-8-7-18(13-23-21)25-22(27)24-14-19(16-5-3-2-4-6-16)26-11-9-20-17(15-26)10-12-29-20/h2-8,10,12-13,19H,9,11,14-15H2,1H3,(H2,24,25,27)/t19-/m1/s1. The van der Waals surface area contributed by atoms with E-state index in [9.17, 15) is 4.79 Å². The third-order valence-electron chi connectivity index (χ3n) is 5.12. The first-order chi connectivity index (χ1) is 14.2.